The van der Waals surface area contributed by atoms with E-state index < -0.39 is 11.8 Å². The Morgan fingerprint density at radius 2 is 1.69 bits per heavy atom. The van der Waals surface area contributed by atoms with Gasteiger partial charge in [0, 0.05) is 12.6 Å². The molecule has 26 heavy (non-hydrogen) atoms. The highest BCUT2D eigenvalue weighted by Gasteiger charge is 2.11. The summed E-state index contributed by atoms with van der Waals surface area (Å²) in [7, 11) is 0. The van der Waals surface area contributed by atoms with E-state index in [4.69, 9.17) is 0 Å². The fraction of sp³-hybridized carbons (Fsp3) is 0.143. The number of hydrogen-bond acceptors (Lipinski definition) is 2. The predicted molar refractivity (Wildman–Crippen MR) is 101 cm³/mol. The van der Waals surface area contributed by atoms with Gasteiger partial charge in [0.05, 0.1) is 0 Å². The molecule has 0 saturated carbocycles. The molecule has 0 radical (unpaired) electrons. The second kappa shape index (κ2) is 9.93. The number of rotatable bonds is 7. The minimum Gasteiger partial charge on any atom is -0.351 e. The van der Waals surface area contributed by atoms with Gasteiger partial charge in [-0.15, -0.1) is 0 Å². The molecular weight excluding hydrogens is 331 g/mol. The molecule has 4 nitrogen and oxygen atoms in total. The van der Waals surface area contributed by atoms with Crippen molar-refractivity contribution in [3.8, 4) is 0 Å². The second-order valence-corrected chi connectivity index (χ2v) is 5.60. The van der Waals surface area contributed by atoms with Gasteiger partial charge in [0.2, 0.25) is 5.91 Å². The minimum absolute atomic E-state index is 0.104. The van der Waals surface area contributed by atoms with E-state index in [2.05, 4.69) is 10.6 Å². The first-order chi connectivity index (χ1) is 12.6. The van der Waals surface area contributed by atoms with Crippen molar-refractivity contribution in [1.29, 1.82) is 0 Å². The van der Waals surface area contributed by atoms with E-state index in [9.17, 15) is 14.0 Å². The van der Waals surface area contributed by atoms with Crippen LogP contribution in [0.3, 0.4) is 0 Å². The van der Waals surface area contributed by atoms with E-state index in [0.717, 1.165) is 12.0 Å². The largest absolute Gasteiger partial charge is 0.351 e. The molecule has 0 fully saturated rings. The summed E-state index contributed by atoms with van der Waals surface area (Å²) in [6.07, 6.45) is 5.31. The average Bonchev–Trinajstić information content (AvgIpc) is 2.66. The van der Waals surface area contributed by atoms with Crippen LogP contribution < -0.4 is 10.6 Å². The van der Waals surface area contributed by atoms with Crippen molar-refractivity contribution < 1.29 is 14.0 Å². The Balaban J connectivity index is 2.15. The lowest BCUT2D eigenvalue weighted by Gasteiger charge is -2.09. The van der Waals surface area contributed by atoms with Gasteiger partial charge < -0.3 is 10.6 Å². The van der Waals surface area contributed by atoms with Crippen LogP contribution in [0.1, 0.15) is 24.5 Å². The monoisotopic (exact) mass is 352 g/mol. The van der Waals surface area contributed by atoms with Gasteiger partial charge >= 0.3 is 0 Å². The van der Waals surface area contributed by atoms with E-state index >= 15 is 0 Å². The van der Waals surface area contributed by atoms with Crippen LogP contribution >= 0.6 is 0 Å². The van der Waals surface area contributed by atoms with Crippen molar-refractivity contribution in [2.75, 3.05) is 6.54 Å². The van der Waals surface area contributed by atoms with E-state index in [1.54, 1.807) is 6.08 Å². The summed E-state index contributed by atoms with van der Waals surface area (Å²) in [5.74, 6) is -1.18. The zero-order valence-electron chi connectivity index (χ0n) is 14.5. The predicted octanol–water partition coefficient (Wildman–Crippen LogP) is 3.52. The van der Waals surface area contributed by atoms with E-state index in [1.807, 2.05) is 37.3 Å². The van der Waals surface area contributed by atoms with Gasteiger partial charge in [-0.3, -0.25) is 9.59 Å². The lowest BCUT2D eigenvalue weighted by Crippen LogP contribution is -2.34. The number of amides is 2. The molecule has 2 rings (SSSR count). The van der Waals surface area contributed by atoms with Crippen LogP contribution in [0, 0.1) is 5.82 Å². The molecule has 2 aromatic rings. The van der Waals surface area contributed by atoms with Crippen LogP contribution in [-0.4, -0.2) is 18.4 Å². The van der Waals surface area contributed by atoms with Crippen LogP contribution in [0.2, 0.25) is 0 Å². The summed E-state index contributed by atoms with van der Waals surface area (Å²) in [5, 5.41) is 5.31. The van der Waals surface area contributed by atoms with E-state index in [0.29, 0.717) is 12.1 Å². The first-order valence-electron chi connectivity index (χ1n) is 8.38. The van der Waals surface area contributed by atoms with Gasteiger partial charge in [-0.1, -0.05) is 49.4 Å². The lowest BCUT2D eigenvalue weighted by molar-refractivity contribution is -0.121. The summed E-state index contributed by atoms with van der Waals surface area (Å²) in [4.78, 5) is 24.5. The van der Waals surface area contributed by atoms with Gasteiger partial charge in [-0.05, 0) is 41.8 Å². The molecule has 0 bridgehead atoms. The minimum atomic E-state index is -0.422. The Kier molecular flexibility index (Phi) is 7.31. The molecule has 0 aliphatic heterocycles. The Bertz CT molecular complexity index is 797. The van der Waals surface area contributed by atoms with E-state index in [1.165, 1.54) is 36.4 Å². The highest BCUT2D eigenvalue weighted by atomic mass is 19.1. The maximum atomic E-state index is 13.0. The van der Waals surface area contributed by atoms with Crippen LogP contribution in [-0.2, 0) is 9.59 Å². The Morgan fingerprint density at radius 1 is 1.00 bits per heavy atom. The van der Waals surface area contributed by atoms with Crippen molar-refractivity contribution in [3.63, 3.8) is 0 Å². The molecule has 134 valence electrons. The first-order valence-corrected chi connectivity index (χ1v) is 8.38. The molecule has 0 saturated heterocycles. The molecule has 0 aliphatic carbocycles. The number of halogens is 1. The fourth-order valence-electron chi connectivity index (χ4n) is 2.13. The Labute approximate surface area is 152 Å². The molecule has 2 aromatic carbocycles. The SMILES string of the molecule is CCCNC(=O)/C(=C/c1ccc(F)cc1)NC(=O)/C=C/c1ccccc1. The smallest absolute Gasteiger partial charge is 0.267 e. The third kappa shape index (κ3) is 6.36. The van der Waals surface area contributed by atoms with Crippen LogP contribution in [0.5, 0.6) is 0 Å². The number of nitrogens with one attached hydrogen (secondary N) is 2. The van der Waals surface area contributed by atoms with Gasteiger partial charge in [-0.25, -0.2) is 4.39 Å². The zero-order valence-corrected chi connectivity index (χ0v) is 14.5. The summed E-state index contributed by atoms with van der Waals surface area (Å²) >= 11 is 0. The number of benzene rings is 2. The molecule has 0 aliphatic rings. The highest BCUT2D eigenvalue weighted by molar-refractivity contribution is 6.04. The number of hydrogen-bond donors (Lipinski definition) is 2. The second-order valence-electron chi connectivity index (χ2n) is 5.60. The average molecular weight is 352 g/mol. The first kappa shape index (κ1) is 19.1. The topological polar surface area (TPSA) is 58.2 Å². The molecule has 5 heteroatoms. The Morgan fingerprint density at radius 3 is 2.35 bits per heavy atom. The normalized spacial score (nSPS) is 11.4. The van der Waals surface area contributed by atoms with Crippen LogP contribution in [0.25, 0.3) is 12.2 Å². The fourth-order valence-corrected chi connectivity index (χ4v) is 2.13. The Hall–Kier alpha value is -3.21. The van der Waals surface area contributed by atoms with Crippen molar-refractivity contribution >= 4 is 24.0 Å². The van der Waals surface area contributed by atoms with Crippen molar-refractivity contribution in [2.45, 2.75) is 13.3 Å². The van der Waals surface area contributed by atoms with Crippen LogP contribution in [0.4, 0.5) is 4.39 Å². The van der Waals surface area contributed by atoms with Gasteiger partial charge in [0.25, 0.3) is 5.91 Å². The third-order valence-electron chi connectivity index (χ3n) is 3.45. The van der Waals surface area contributed by atoms with E-state index in [-0.39, 0.29) is 11.5 Å². The summed E-state index contributed by atoms with van der Waals surface area (Å²) in [5.41, 5.74) is 1.59. The van der Waals surface area contributed by atoms with Crippen molar-refractivity contribution in [3.05, 3.63) is 83.3 Å². The van der Waals surface area contributed by atoms with Crippen LogP contribution in [0.15, 0.2) is 66.4 Å². The standard InChI is InChI=1S/C21H21FN2O2/c1-2-14-23-21(26)19(15-17-8-11-18(22)12-9-17)24-20(25)13-10-16-6-4-3-5-7-16/h3-13,15H,2,14H2,1H3,(H,23,26)(H,24,25)/b13-10+,19-15-. The summed E-state index contributed by atoms with van der Waals surface area (Å²) in [6.45, 7) is 2.43. The quantitative estimate of drug-likeness (QED) is 0.749. The molecule has 0 spiro atoms. The highest BCUT2D eigenvalue weighted by Crippen LogP contribution is 2.08. The molecule has 0 aromatic heterocycles. The molecule has 2 amide bonds. The summed E-state index contributed by atoms with van der Waals surface area (Å²) < 4.78 is 13.0. The molecule has 2 N–H and O–H groups in total. The van der Waals surface area contributed by atoms with Crippen molar-refractivity contribution in [2.24, 2.45) is 0 Å². The maximum absolute atomic E-state index is 13.0. The molecule has 0 atom stereocenters. The molecular formula is C21H21FN2O2. The van der Waals surface area contributed by atoms with Crippen molar-refractivity contribution in [1.82, 2.24) is 10.6 Å². The lowest BCUT2D eigenvalue weighted by atomic mass is 10.1. The number of carbonyl (C=O) groups is 2. The third-order valence-corrected chi connectivity index (χ3v) is 3.45. The molecule has 0 heterocycles. The van der Waals surface area contributed by atoms with Gasteiger partial charge in [0.15, 0.2) is 0 Å². The number of carbonyl (C=O) groups excluding carboxylic acids is 2. The maximum Gasteiger partial charge on any atom is 0.267 e. The van der Waals surface area contributed by atoms with Gasteiger partial charge in [0.1, 0.15) is 11.5 Å². The summed E-state index contributed by atoms with van der Waals surface area (Å²) in [6, 6.07) is 15.0. The zero-order chi connectivity index (χ0) is 18.8. The van der Waals surface area contributed by atoms with Gasteiger partial charge in [-0.2, -0.15) is 0 Å². The molecule has 0 unspecified atom stereocenters.